The van der Waals surface area contributed by atoms with Crippen LogP contribution in [0.4, 0.5) is 5.69 Å². The van der Waals surface area contributed by atoms with Gasteiger partial charge in [-0.05, 0) is 37.0 Å². The Morgan fingerprint density at radius 3 is 2.71 bits per heavy atom. The van der Waals surface area contributed by atoms with Gasteiger partial charge in [-0.3, -0.25) is 4.79 Å². The number of nitrogens with two attached hydrogens (primary N) is 1. The number of hydrogen-bond acceptors (Lipinski definition) is 2. The molecule has 1 amide bonds. The summed E-state index contributed by atoms with van der Waals surface area (Å²) in [6, 6.07) is 7.82. The van der Waals surface area contributed by atoms with E-state index in [0.29, 0.717) is 13.0 Å². The number of carbonyl (C=O) groups is 1. The summed E-state index contributed by atoms with van der Waals surface area (Å²) in [6.45, 7) is 3.48. The van der Waals surface area contributed by atoms with E-state index < -0.39 is 0 Å². The SMILES string of the molecule is CCN(Cc1cccc(N)c1)C(=O)CCC1CCCCC1. The van der Waals surface area contributed by atoms with Crippen molar-refractivity contribution >= 4 is 11.6 Å². The highest BCUT2D eigenvalue weighted by molar-refractivity contribution is 5.76. The first-order valence-corrected chi connectivity index (χ1v) is 8.31. The minimum absolute atomic E-state index is 0.283. The Hall–Kier alpha value is -1.51. The lowest BCUT2D eigenvalue weighted by Gasteiger charge is -2.24. The van der Waals surface area contributed by atoms with Gasteiger partial charge in [0.2, 0.25) is 5.91 Å². The van der Waals surface area contributed by atoms with E-state index >= 15 is 0 Å². The quantitative estimate of drug-likeness (QED) is 0.805. The molecule has 21 heavy (non-hydrogen) atoms. The van der Waals surface area contributed by atoms with Crippen molar-refractivity contribution in [3.05, 3.63) is 29.8 Å². The number of hydrogen-bond donors (Lipinski definition) is 1. The minimum Gasteiger partial charge on any atom is -0.399 e. The largest absolute Gasteiger partial charge is 0.399 e. The lowest BCUT2D eigenvalue weighted by molar-refractivity contribution is -0.132. The Bertz CT molecular complexity index is 452. The van der Waals surface area contributed by atoms with Crippen LogP contribution >= 0.6 is 0 Å². The molecule has 0 radical (unpaired) electrons. The molecule has 0 aromatic heterocycles. The van der Waals surface area contributed by atoms with Crippen molar-refractivity contribution in [1.82, 2.24) is 4.90 Å². The van der Waals surface area contributed by atoms with Crippen LogP contribution in [0.2, 0.25) is 0 Å². The van der Waals surface area contributed by atoms with Crippen LogP contribution in [-0.2, 0) is 11.3 Å². The molecule has 3 nitrogen and oxygen atoms in total. The van der Waals surface area contributed by atoms with Gasteiger partial charge in [0.25, 0.3) is 0 Å². The van der Waals surface area contributed by atoms with E-state index in [-0.39, 0.29) is 5.91 Å². The molecular weight excluding hydrogens is 260 g/mol. The predicted octanol–water partition coefficient (Wildman–Crippen LogP) is 3.98. The van der Waals surface area contributed by atoms with Crippen molar-refractivity contribution in [3.8, 4) is 0 Å². The van der Waals surface area contributed by atoms with Gasteiger partial charge in [-0.25, -0.2) is 0 Å². The highest BCUT2D eigenvalue weighted by Crippen LogP contribution is 2.27. The van der Waals surface area contributed by atoms with Crippen LogP contribution in [0.3, 0.4) is 0 Å². The van der Waals surface area contributed by atoms with E-state index in [4.69, 9.17) is 5.73 Å². The van der Waals surface area contributed by atoms with E-state index in [1.165, 1.54) is 32.1 Å². The van der Waals surface area contributed by atoms with Crippen molar-refractivity contribution in [3.63, 3.8) is 0 Å². The van der Waals surface area contributed by atoms with E-state index in [1.54, 1.807) is 0 Å². The summed E-state index contributed by atoms with van der Waals surface area (Å²) in [4.78, 5) is 14.3. The third-order valence-corrected chi connectivity index (χ3v) is 4.55. The zero-order valence-corrected chi connectivity index (χ0v) is 13.2. The summed E-state index contributed by atoms with van der Waals surface area (Å²) in [5.74, 6) is 1.05. The van der Waals surface area contributed by atoms with Gasteiger partial charge in [0, 0.05) is 25.2 Å². The van der Waals surface area contributed by atoms with Crippen molar-refractivity contribution in [2.45, 2.75) is 58.4 Å². The molecule has 2 rings (SSSR count). The number of carbonyl (C=O) groups excluding carboxylic acids is 1. The zero-order chi connectivity index (χ0) is 15.1. The molecule has 0 bridgehead atoms. The smallest absolute Gasteiger partial charge is 0.222 e. The van der Waals surface area contributed by atoms with Gasteiger partial charge in [-0.1, -0.05) is 44.2 Å². The molecule has 2 N–H and O–H groups in total. The number of anilines is 1. The number of nitrogens with zero attached hydrogens (tertiary/aromatic N) is 1. The third-order valence-electron chi connectivity index (χ3n) is 4.55. The monoisotopic (exact) mass is 288 g/mol. The fourth-order valence-electron chi connectivity index (χ4n) is 3.25. The average molecular weight is 288 g/mol. The topological polar surface area (TPSA) is 46.3 Å². The summed E-state index contributed by atoms with van der Waals surface area (Å²) in [5.41, 5.74) is 7.68. The Morgan fingerprint density at radius 1 is 1.29 bits per heavy atom. The molecule has 1 aliphatic carbocycles. The fraction of sp³-hybridized carbons (Fsp3) is 0.611. The Labute approximate surface area is 128 Å². The highest BCUT2D eigenvalue weighted by atomic mass is 16.2. The highest BCUT2D eigenvalue weighted by Gasteiger charge is 2.17. The van der Waals surface area contributed by atoms with Crippen LogP contribution in [0, 0.1) is 5.92 Å². The summed E-state index contributed by atoms with van der Waals surface area (Å²) in [7, 11) is 0. The Kier molecular flexibility index (Phi) is 6.09. The molecule has 116 valence electrons. The van der Waals surface area contributed by atoms with Gasteiger partial charge in [-0.2, -0.15) is 0 Å². The molecule has 0 saturated heterocycles. The van der Waals surface area contributed by atoms with Crippen LogP contribution in [0.1, 0.15) is 57.4 Å². The molecule has 0 atom stereocenters. The van der Waals surface area contributed by atoms with Gasteiger partial charge in [0.1, 0.15) is 0 Å². The van der Waals surface area contributed by atoms with Crippen LogP contribution in [0.25, 0.3) is 0 Å². The lowest BCUT2D eigenvalue weighted by atomic mass is 9.86. The van der Waals surface area contributed by atoms with Crippen LogP contribution in [0.5, 0.6) is 0 Å². The van der Waals surface area contributed by atoms with Crippen molar-refractivity contribution in [2.75, 3.05) is 12.3 Å². The predicted molar refractivity (Wildman–Crippen MR) is 87.8 cm³/mol. The molecule has 1 saturated carbocycles. The Morgan fingerprint density at radius 2 is 2.05 bits per heavy atom. The van der Waals surface area contributed by atoms with E-state index in [9.17, 15) is 4.79 Å². The van der Waals surface area contributed by atoms with Gasteiger partial charge >= 0.3 is 0 Å². The number of rotatable bonds is 6. The first-order chi connectivity index (χ1) is 10.2. The fourth-order valence-corrected chi connectivity index (χ4v) is 3.25. The maximum absolute atomic E-state index is 12.4. The van der Waals surface area contributed by atoms with Crippen molar-refractivity contribution in [2.24, 2.45) is 5.92 Å². The second-order valence-electron chi connectivity index (χ2n) is 6.20. The van der Waals surface area contributed by atoms with Gasteiger partial charge in [-0.15, -0.1) is 0 Å². The zero-order valence-electron chi connectivity index (χ0n) is 13.2. The third kappa shape index (κ3) is 5.07. The van der Waals surface area contributed by atoms with Crippen LogP contribution < -0.4 is 5.73 Å². The molecule has 0 spiro atoms. The number of amides is 1. The average Bonchev–Trinajstić information content (AvgIpc) is 2.51. The standard InChI is InChI=1S/C18H28N2O/c1-2-20(14-16-9-6-10-17(19)13-16)18(21)12-11-15-7-4-3-5-8-15/h6,9-10,13,15H,2-5,7-8,11-12,14,19H2,1H3. The molecule has 0 aliphatic heterocycles. The van der Waals surface area contributed by atoms with E-state index in [0.717, 1.165) is 30.1 Å². The van der Waals surface area contributed by atoms with Crippen LogP contribution in [-0.4, -0.2) is 17.4 Å². The number of benzene rings is 1. The molecule has 3 heteroatoms. The summed E-state index contributed by atoms with van der Waals surface area (Å²) >= 11 is 0. The van der Waals surface area contributed by atoms with E-state index in [2.05, 4.69) is 0 Å². The molecular formula is C18H28N2O. The summed E-state index contributed by atoms with van der Waals surface area (Å²) in [5, 5.41) is 0. The van der Waals surface area contributed by atoms with Crippen molar-refractivity contribution < 1.29 is 4.79 Å². The maximum atomic E-state index is 12.4. The minimum atomic E-state index is 0.283. The molecule has 0 unspecified atom stereocenters. The first kappa shape index (κ1) is 15.9. The van der Waals surface area contributed by atoms with Gasteiger partial charge < -0.3 is 10.6 Å². The molecule has 1 aromatic carbocycles. The lowest BCUT2D eigenvalue weighted by Crippen LogP contribution is -2.30. The molecule has 0 heterocycles. The molecule has 1 aliphatic rings. The maximum Gasteiger partial charge on any atom is 0.222 e. The van der Waals surface area contributed by atoms with E-state index in [1.807, 2.05) is 36.1 Å². The summed E-state index contributed by atoms with van der Waals surface area (Å²) in [6.07, 6.45) is 8.45. The second kappa shape index (κ2) is 8.06. The number of nitrogen functional groups attached to an aromatic ring is 1. The normalized spacial score (nSPS) is 15.9. The van der Waals surface area contributed by atoms with Gasteiger partial charge in [0.15, 0.2) is 0 Å². The first-order valence-electron chi connectivity index (χ1n) is 8.31. The van der Waals surface area contributed by atoms with Gasteiger partial charge in [0.05, 0.1) is 0 Å². The Balaban J connectivity index is 1.83. The van der Waals surface area contributed by atoms with Crippen LogP contribution in [0.15, 0.2) is 24.3 Å². The molecule has 1 aromatic rings. The van der Waals surface area contributed by atoms with Crippen molar-refractivity contribution in [1.29, 1.82) is 0 Å². The second-order valence-corrected chi connectivity index (χ2v) is 6.20. The summed E-state index contributed by atoms with van der Waals surface area (Å²) < 4.78 is 0. The molecule has 1 fully saturated rings.